The highest BCUT2D eigenvalue weighted by atomic mass is 31.2. The molecule has 0 N–H and O–H groups in total. The summed E-state index contributed by atoms with van der Waals surface area (Å²) in [6.45, 7) is 10.8. The van der Waals surface area contributed by atoms with Crippen molar-refractivity contribution in [3.8, 4) is 5.75 Å². The first-order valence-electron chi connectivity index (χ1n) is 11.2. The van der Waals surface area contributed by atoms with E-state index >= 15 is 0 Å². The highest BCUT2D eigenvalue weighted by Crippen LogP contribution is 2.69. The van der Waals surface area contributed by atoms with Gasteiger partial charge in [-0.05, 0) is 35.9 Å². The number of ether oxygens (including phenoxy) is 1. The average molecular weight is 452 g/mol. The van der Waals surface area contributed by atoms with E-state index in [1.54, 1.807) is 7.11 Å². The predicted octanol–water partition coefficient (Wildman–Crippen LogP) is 6.27. The van der Waals surface area contributed by atoms with Gasteiger partial charge in [0.25, 0.3) is 0 Å². The number of methoxy groups -OCH3 is 1. The number of nitrogens with zero attached hydrogens (tertiary/aromatic N) is 5. The number of likely N-dealkylation sites (N-methyl/N-ethyl adjacent to an activating group) is 1. The largest absolute Gasteiger partial charge is 0.497 e. The molecule has 2 aliphatic rings. The summed E-state index contributed by atoms with van der Waals surface area (Å²) < 4.78 is 15.4. The fourth-order valence-electron chi connectivity index (χ4n) is 5.05. The zero-order chi connectivity index (χ0) is 23.1. The van der Waals surface area contributed by atoms with Gasteiger partial charge in [-0.2, -0.15) is 5.10 Å². The smallest absolute Gasteiger partial charge is 0.174 e. The van der Waals surface area contributed by atoms with Gasteiger partial charge < -0.3 is 9.64 Å². The van der Waals surface area contributed by atoms with Gasteiger partial charge in [0.1, 0.15) is 5.75 Å². The second-order valence-corrected chi connectivity index (χ2v) is 11.6. The molecule has 2 aromatic rings. The van der Waals surface area contributed by atoms with Gasteiger partial charge in [-0.25, -0.2) is 14.2 Å². The number of benzene rings is 2. The molecule has 2 aliphatic heterocycles. The van der Waals surface area contributed by atoms with E-state index in [4.69, 9.17) is 14.6 Å². The molecule has 0 saturated carbocycles. The van der Waals surface area contributed by atoms with Crippen LogP contribution in [0.3, 0.4) is 0 Å². The van der Waals surface area contributed by atoms with E-state index < -0.39 is 7.36 Å². The molecular weight excluding hydrogens is 417 g/mol. The molecule has 0 radical (unpaired) electrons. The Morgan fingerprint density at radius 1 is 1.03 bits per heavy atom. The van der Waals surface area contributed by atoms with Gasteiger partial charge in [0.05, 0.1) is 24.3 Å². The summed E-state index contributed by atoms with van der Waals surface area (Å²) in [6.07, 6.45) is 2.05. The van der Waals surface area contributed by atoms with E-state index in [1.807, 2.05) is 24.3 Å². The number of hydrogen-bond acceptors (Lipinski definition) is 4. The van der Waals surface area contributed by atoms with Gasteiger partial charge in [0.15, 0.2) is 7.36 Å². The molecule has 2 heterocycles. The summed E-state index contributed by atoms with van der Waals surface area (Å²) in [7, 11) is 3.60. The van der Waals surface area contributed by atoms with Crippen LogP contribution in [0.1, 0.15) is 33.3 Å². The van der Waals surface area contributed by atoms with E-state index in [0.29, 0.717) is 0 Å². The number of rotatable bonds is 5. The second kappa shape index (κ2) is 8.42. The first-order valence-corrected chi connectivity index (χ1v) is 12.8. The van der Waals surface area contributed by atoms with Crippen molar-refractivity contribution >= 4 is 24.9 Å². The van der Waals surface area contributed by atoms with Gasteiger partial charge in [-0.15, -0.1) is 0 Å². The Balaban J connectivity index is 2.02. The molecule has 32 heavy (non-hydrogen) atoms. The van der Waals surface area contributed by atoms with Crippen molar-refractivity contribution in [2.24, 2.45) is 9.85 Å². The highest BCUT2D eigenvalue weighted by molar-refractivity contribution is 7.67. The number of hydrogen-bond donors (Lipinski definition) is 0. The van der Waals surface area contributed by atoms with Crippen molar-refractivity contribution in [3.05, 3.63) is 65.1 Å². The molecule has 0 bridgehead atoms. The number of hydrazone groups is 1. The molecule has 1 unspecified atom stereocenters. The fraction of sp³-hybridized carbons (Fsp3) is 0.400. The van der Waals surface area contributed by atoms with Crippen LogP contribution in [0.5, 0.6) is 5.75 Å². The van der Waals surface area contributed by atoms with Crippen LogP contribution >= 0.6 is 7.36 Å². The van der Waals surface area contributed by atoms with Gasteiger partial charge >= 0.3 is 0 Å². The molecule has 7 heteroatoms. The maximum absolute atomic E-state index is 5.47. The minimum atomic E-state index is -2.33. The Hall–Kier alpha value is -2.56. The van der Waals surface area contributed by atoms with Crippen LogP contribution in [0.4, 0.5) is 11.4 Å². The monoisotopic (exact) mass is 451 g/mol. The fourth-order valence-corrected chi connectivity index (χ4v) is 8.75. The van der Waals surface area contributed by atoms with E-state index in [2.05, 4.69) is 86.6 Å². The molecule has 0 saturated heterocycles. The molecular formula is C25H34N5OP. The SMILES string of the molecule is CCN(CC)P1(=Nc2ccc(OC)cc2)/C(=C2/N(C)c3ccccc3C2(C)C)C=NN1C. The minimum Gasteiger partial charge on any atom is -0.497 e. The van der Waals surface area contributed by atoms with Crippen LogP contribution in [-0.4, -0.2) is 50.0 Å². The van der Waals surface area contributed by atoms with E-state index in [0.717, 1.165) is 24.5 Å². The van der Waals surface area contributed by atoms with Gasteiger partial charge in [0.2, 0.25) is 0 Å². The van der Waals surface area contributed by atoms with Crippen molar-refractivity contribution < 1.29 is 4.74 Å². The summed E-state index contributed by atoms with van der Waals surface area (Å²) in [5, 5.41) is 6.06. The van der Waals surface area contributed by atoms with E-state index in [9.17, 15) is 0 Å². The van der Waals surface area contributed by atoms with Crippen LogP contribution in [0.15, 0.2) is 69.4 Å². The Kier molecular flexibility index (Phi) is 5.95. The van der Waals surface area contributed by atoms with Crippen molar-refractivity contribution in [2.75, 3.05) is 39.2 Å². The average Bonchev–Trinajstić information content (AvgIpc) is 3.21. The number of fused-ring (bicyclic) bond motifs is 1. The van der Waals surface area contributed by atoms with Gasteiger partial charge in [0, 0.05) is 44.0 Å². The standard InChI is InChI=1S/C25H34N5OP/c1-8-30(9-2)32(27-19-14-16-20(31-7)17-15-19)23(18-26-29(32)6)24-25(3,4)21-12-10-11-13-22(21)28(24)5/h10-18H,8-9H2,1-7H3/b24-23+. The lowest BCUT2D eigenvalue weighted by molar-refractivity contribution is 0.415. The van der Waals surface area contributed by atoms with Gasteiger partial charge in [-0.3, -0.25) is 0 Å². The molecule has 0 aromatic heterocycles. The third kappa shape index (κ3) is 3.28. The predicted molar refractivity (Wildman–Crippen MR) is 136 cm³/mol. The van der Waals surface area contributed by atoms with Crippen LogP contribution in [-0.2, 0) is 5.41 Å². The zero-order valence-corrected chi connectivity index (χ0v) is 21.1. The Morgan fingerprint density at radius 2 is 1.69 bits per heavy atom. The van der Waals surface area contributed by atoms with Crippen molar-refractivity contribution in [3.63, 3.8) is 0 Å². The van der Waals surface area contributed by atoms with E-state index in [-0.39, 0.29) is 5.41 Å². The molecule has 4 rings (SSSR count). The maximum atomic E-state index is 5.47. The Bertz CT molecular complexity index is 1120. The van der Waals surface area contributed by atoms with Crippen LogP contribution < -0.4 is 9.64 Å². The van der Waals surface area contributed by atoms with E-state index in [1.165, 1.54) is 22.3 Å². The third-order valence-electron chi connectivity index (χ3n) is 6.63. The lowest BCUT2D eigenvalue weighted by atomic mass is 9.84. The summed E-state index contributed by atoms with van der Waals surface area (Å²) in [4.78, 5) is 2.34. The molecule has 1 atom stereocenters. The highest BCUT2D eigenvalue weighted by Gasteiger charge is 2.47. The first kappa shape index (κ1) is 22.6. The maximum Gasteiger partial charge on any atom is 0.174 e. The molecule has 2 aromatic carbocycles. The number of para-hydroxylation sites is 1. The van der Waals surface area contributed by atoms with Crippen molar-refractivity contribution in [1.82, 2.24) is 9.45 Å². The summed E-state index contributed by atoms with van der Waals surface area (Å²) in [6, 6.07) is 16.7. The molecule has 0 aliphatic carbocycles. The second-order valence-electron chi connectivity index (χ2n) is 8.67. The minimum absolute atomic E-state index is 0.147. The Morgan fingerprint density at radius 3 is 2.28 bits per heavy atom. The first-order chi connectivity index (χ1) is 15.3. The van der Waals surface area contributed by atoms with Crippen molar-refractivity contribution in [2.45, 2.75) is 33.1 Å². The van der Waals surface area contributed by atoms with Crippen LogP contribution in [0.2, 0.25) is 0 Å². The lowest BCUT2D eigenvalue weighted by Crippen LogP contribution is -2.30. The molecule has 0 fully saturated rings. The summed E-state index contributed by atoms with van der Waals surface area (Å²) in [5.74, 6) is 0.834. The number of anilines is 1. The van der Waals surface area contributed by atoms with Crippen LogP contribution in [0.25, 0.3) is 0 Å². The summed E-state index contributed by atoms with van der Waals surface area (Å²) in [5.41, 5.74) is 4.67. The quantitative estimate of drug-likeness (QED) is 0.503. The zero-order valence-electron chi connectivity index (χ0n) is 20.2. The molecule has 170 valence electrons. The summed E-state index contributed by atoms with van der Waals surface area (Å²) >= 11 is 0. The molecule has 0 amide bonds. The van der Waals surface area contributed by atoms with Gasteiger partial charge in [-0.1, -0.05) is 45.9 Å². The number of allylic oxidation sites excluding steroid dienone is 2. The topological polar surface area (TPSA) is 43.7 Å². The third-order valence-corrected chi connectivity index (χ3v) is 10.4. The Labute approximate surface area is 192 Å². The molecule has 0 spiro atoms. The lowest BCUT2D eigenvalue weighted by Gasteiger charge is -2.39. The normalized spacial score (nSPS) is 23.8. The van der Waals surface area contributed by atoms with Crippen LogP contribution in [0, 0.1) is 0 Å². The van der Waals surface area contributed by atoms with Crippen molar-refractivity contribution in [1.29, 1.82) is 0 Å². The molecule has 6 nitrogen and oxygen atoms in total.